The third-order valence-electron chi connectivity index (χ3n) is 6.10. The summed E-state index contributed by atoms with van der Waals surface area (Å²) in [5.74, 6) is 0.00429. The summed E-state index contributed by atoms with van der Waals surface area (Å²) in [6, 6.07) is 14.7. The number of hydrogen-bond acceptors (Lipinski definition) is 4. The number of benzene rings is 1. The third kappa shape index (κ3) is 3.88. The number of nitrogens with one attached hydrogen (secondary N) is 2. The number of piperazine rings is 1. The number of aromatic nitrogens is 2. The second-order valence-corrected chi connectivity index (χ2v) is 8.29. The Bertz CT molecular complexity index is 1060. The average molecular weight is 402 g/mol. The third-order valence-corrected chi connectivity index (χ3v) is 6.10. The minimum Gasteiger partial charge on any atom is -0.358 e. The highest BCUT2D eigenvalue weighted by Gasteiger charge is 2.20. The van der Waals surface area contributed by atoms with E-state index in [1.54, 1.807) is 0 Å². The normalized spacial score (nSPS) is 17.6. The zero-order valence-corrected chi connectivity index (χ0v) is 17.3. The lowest BCUT2D eigenvalue weighted by molar-refractivity contribution is 0.0946. The maximum atomic E-state index is 12.1. The topological polar surface area (TPSA) is 64.3 Å². The van der Waals surface area contributed by atoms with E-state index >= 15 is 0 Å². The molecule has 6 nitrogen and oxygen atoms in total. The molecule has 0 radical (unpaired) electrons. The maximum Gasteiger partial charge on any atom is 0.253 e. The smallest absolute Gasteiger partial charge is 0.253 e. The van der Waals surface area contributed by atoms with Gasteiger partial charge in [-0.25, -0.2) is 0 Å². The van der Waals surface area contributed by atoms with Crippen LogP contribution in [-0.2, 0) is 13.0 Å². The van der Waals surface area contributed by atoms with Crippen molar-refractivity contribution < 1.29 is 4.79 Å². The Hall–Kier alpha value is -2.96. The summed E-state index contributed by atoms with van der Waals surface area (Å²) in [5, 5.41) is 2.90. The van der Waals surface area contributed by atoms with E-state index in [2.05, 4.69) is 62.5 Å². The van der Waals surface area contributed by atoms with Crippen molar-refractivity contribution >= 4 is 5.91 Å². The molecule has 0 unspecified atom stereocenters. The quantitative estimate of drug-likeness (QED) is 0.706. The number of H-pyrrole nitrogens is 1. The van der Waals surface area contributed by atoms with Crippen LogP contribution in [0.25, 0.3) is 22.5 Å². The predicted octanol–water partition coefficient (Wildman–Crippen LogP) is 2.78. The lowest BCUT2D eigenvalue weighted by Gasteiger charge is -2.32. The molecule has 0 bridgehead atoms. The number of fused-ring (bicyclic) bond motifs is 1. The Labute approximate surface area is 176 Å². The molecule has 4 heterocycles. The van der Waals surface area contributed by atoms with Gasteiger partial charge in [-0.15, -0.1) is 0 Å². The van der Waals surface area contributed by atoms with Crippen molar-refractivity contribution in [3.63, 3.8) is 0 Å². The van der Waals surface area contributed by atoms with E-state index in [1.165, 1.54) is 5.56 Å². The van der Waals surface area contributed by atoms with Gasteiger partial charge in [0.1, 0.15) is 0 Å². The van der Waals surface area contributed by atoms with Crippen LogP contribution in [0.3, 0.4) is 0 Å². The van der Waals surface area contributed by atoms with Gasteiger partial charge >= 0.3 is 0 Å². The van der Waals surface area contributed by atoms with Crippen molar-refractivity contribution in [3.8, 4) is 22.5 Å². The Morgan fingerprint density at radius 2 is 1.90 bits per heavy atom. The number of rotatable bonds is 4. The van der Waals surface area contributed by atoms with Crippen LogP contribution >= 0.6 is 0 Å². The molecule has 3 aromatic rings. The largest absolute Gasteiger partial charge is 0.358 e. The molecule has 154 valence electrons. The van der Waals surface area contributed by atoms with Crippen molar-refractivity contribution in [1.82, 2.24) is 25.1 Å². The number of nitrogens with zero attached hydrogens (tertiary/aromatic N) is 3. The van der Waals surface area contributed by atoms with Gasteiger partial charge in [0.25, 0.3) is 5.91 Å². The molecule has 1 aromatic carbocycles. The number of carbonyl (C=O) groups excluding carboxylic acids is 1. The monoisotopic (exact) mass is 401 g/mol. The number of carbonyl (C=O) groups is 1. The Morgan fingerprint density at radius 1 is 1.03 bits per heavy atom. The van der Waals surface area contributed by atoms with E-state index in [9.17, 15) is 4.79 Å². The summed E-state index contributed by atoms with van der Waals surface area (Å²) in [7, 11) is 2.18. The first-order valence-electron chi connectivity index (χ1n) is 10.6. The Kier molecular flexibility index (Phi) is 5.11. The van der Waals surface area contributed by atoms with Gasteiger partial charge in [-0.3, -0.25) is 14.7 Å². The van der Waals surface area contributed by atoms with Crippen LogP contribution in [0.15, 0.2) is 48.7 Å². The van der Waals surface area contributed by atoms with Gasteiger partial charge in [-0.2, -0.15) is 0 Å². The van der Waals surface area contributed by atoms with Crippen LogP contribution in [0, 0.1) is 0 Å². The minimum atomic E-state index is 0.00429. The summed E-state index contributed by atoms with van der Waals surface area (Å²) in [6.45, 7) is 6.13. The molecule has 1 fully saturated rings. The van der Waals surface area contributed by atoms with Crippen molar-refractivity contribution in [2.45, 2.75) is 13.0 Å². The molecule has 0 aliphatic carbocycles. The van der Waals surface area contributed by atoms with Crippen molar-refractivity contribution in [3.05, 3.63) is 65.5 Å². The van der Waals surface area contributed by atoms with E-state index < -0.39 is 0 Å². The van der Waals surface area contributed by atoms with Crippen LogP contribution in [0.5, 0.6) is 0 Å². The molecule has 1 saturated heterocycles. The Balaban J connectivity index is 1.39. The molecule has 0 atom stereocenters. The lowest BCUT2D eigenvalue weighted by Crippen LogP contribution is -2.43. The van der Waals surface area contributed by atoms with Gasteiger partial charge in [-0.05, 0) is 36.9 Å². The molecular formula is C24H27N5O. The highest BCUT2D eigenvalue weighted by atomic mass is 16.1. The zero-order valence-electron chi connectivity index (χ0n) is 17.3. The molecule has 0 saturated carbocycles. The van der Waals surface area contributed by atoms with Crippen LogP contribution in [0.4, 0.5) is 0 Å². The van der Waals surface area contributed by atoms with Gasteiger partial charge < -0.3 is 15.2 Å². The molecule has 30 heavy (non-hydrogen) atoms. The fourth-order valence-corrected chi connectivity index (χ4v) is 4.30. The highest BCUT2D eigenvalue weighted by Crippen LogP contribution is 2.27. The van der Waals surface area contributed by atoms with E-state index in [0.717, 1.165) is 72.9 Å². The standard InChI is InChI=1S/C24H27N5O/c1-28-9-11-29(12-10-28)16-17-3-2-4-18(13-17)22-14-19(5-7-25-22)23-15-20-21(27-23)6-8-26-24(20)30/h2-5,7,13-15,27H,6,8-12,16H2,1H3,(H,26,30). The van der Waals surface area contributed by atoms with Crippen molar-refractivity contribution in [2.24, 2.45) is 0 Å². The summed E-state index contributed by atoms with van der Waals surface area (Å²) < 4.78 is 0. The van der Waals surface area contributed by atoms with Gasteiger partial charge in [0.15, 0.2) is 0 Å². The molecule has 2 aliphatic heterocycles. The molecule has 0 spiro atoms. The molecule has 6 heteroatoms. The second-order valence-electron chi connectivity index (χ2n) is 8.29. The number of pyridine rings is 1. The highest BCUT2D eigenvalue weighted by molar-refractivity contribution is 5.97. The first-order valence-corrected chi connectivity index (χ1v) is 10.6. The van der Waals surface area contributed by atoms with Gasteiger partial charge in [0.2, 0.25) is 0 Å². The van der Waals surface area contributed by atoms with E-state index in [1.807, 2.05) is 18.3 Å². The van der Waals surface area contributed by atoms with Gasteiger partial charge in [-0.1, -0.05) is 18.2 Å². The first kappa shape index (κ1) is 19.0. The molecule has 1 amide bonds. The van der Waals surface area contributed by atoms with Gasteiger partial charge in [0.05, 0.1) is 11.3 Å². The molecule has 2 aromatic heterocycles. The number of hydrogen-bond donors (Lipinski definition) is 2. The second kappa shape index (κ2) is 8.05. The van der Waals surface area contributed by atoms with E-state index in [0.29, 0.717) is 6.54 Å². The SMILES string of the molecule is CN1CCN(Cc2cccc(-c3cc(-c4cc5c([nH]4)CCNC5=O)ccn3)c2)CC1. The summed E-state index contributed by atoms with van der Waals surface area (Å²) >= 11 is 0. The number of likely N-dealkylation sites (N-methyl/N-ethyl adjacent to an activating group) is 1. The van der Waals surface area contributed by atoms with Crippen LogP contribution in [0.1, 0.15) is 21.6 Å². The van der Waals surface area contributed by atoms with Crippen LogP contribution in [0.2, 0.25) is 0 Å². The first-order chi connectivity index (χ1) is 14.7. The fraction of sp³-hybridized carbons (Fsp3) is 0.333. The number of aromatic amines is 1. The van der Waals surface area contributed by atoms with Gasteiger partial charge in [0, 0.05) is 74.4 Å². The Morgan fingerprint density at radius 3 is 2.73 bits per heavy atom. The van der Waals surface area contributed by atoms with Crippen LogP contribution < -0.4 is 5.32 Å². The lowest BCUT2D eigenvalue weighted by atomic mass is 10.0. The fourth-order valence-electron chi connectivity index (χ4n) is 4.30. The molecular weight excluding hydrogens is 374 g/mol. The molecule has 2 aliphatic rings. The van der Waals surface area contributed by atoms with Crippen LogP contribution in [-0.4, -0.2) is 65.4 Å². The molecule has 5 rings (SSSR count). The maximum absolute atomic E-state index is 12.1. The zero-order chi connectivity index (χ0) is 20.5. The predicted molar refractivity (Wildman–Crippen MR) is 118 cm³/mol. The summed E-state index contributed by atoms with van der Waals surface area (Å²) in [4.78, 5) is 25.0. The number of amides is 1. The summed E-state index contributed by atoms with van der Waals surface area (Å²) in [5.41, 5.74) is 7.17. The van der Waals surface area contributed by atoms with Crippen molar-refractivity contribution in [2.75, 3.05) is 39.8 Å². The van der Waals surface area contributed by atoms with E-state index in [4.69, 9.17) is 0 Å². The van der Waals surface area contributed by atoms with Crippen molar-refractivity contribution in [1.29, 1.82) is 0 Å². The summed E-state index contributed by atoms with van der Waals surface area (Å²) in [6.07, 6.45) is 2.69. The molecule has 2 N–H and O–H groups in total. The van der Waals surface area contributed by atoms with E-state index in [-0.39, 0.29) is 5.91 Å². The average Bonchev–Trinajstić information content (AvgIpc) is 3.22. The minimum absolute atomic E-state index is 0.00429.